The van der Waals surface area contributed by atoms with E-state index in [1.165, 1.54) is 31.4 Å². The van der Waals surface area contributed by atoms with Gasteiger partial charge in [-0.2, -0.15) is 5.10 Å². The third kappa shape index (κ3) is 8.96. The summed E-state index contributed by atoms with van der Waals surface area (Å²) in [5, 5.41) is 20.2. The van der Waals surface area contributed by atoms with Gasteiger partial charge in [0.1, 0.15) is 34.5 Å². The molecule has 6 aromatic rings. The lowest BCUT2D eigenvalue weighted by atomic mass is 10.0. The van der Waals surface area contributed by atoms with Gasteiger partial charge in [0.2, 0.25) is 17.7 Å². The fraction of sp³-hybridized carbons (Fsp3) is 0.235. The molecule has 1 unspecified atom stereocenters. The predicted octanol–water partition coefficient (Wildman–Crippen LogP) is 6.29. The molecule has 4 aliphatic rings. The molecule has 1 atom stereocenters. The molecule has 4 aromatic carbocycles. The van der Waals surface area contributed by atoms with Gasteiger partial charge in [-0.15, -0.1) is 5.10 Å². The van der Waals surface area contributed by atoms with E-state index in [2.05, 4.69) is 52.8 Å². The quantitative estimate of drug-likeness (QED) is 0.0741. The fourth-order valence-electron chi connectivity index (χ4n) is 8.83. The highest BCUT2D eigenvalue weighted by molar-refractivity contribution is 6.23. The smallest absolute Gasteiger partial charge is 0.276 e. The van der Waals surface area contributed by atoms with Crippen LogP contribution >= 0.6 is 0 Å². The maximum absolute atomic E-state index is 13.5. The summed E-state index contributed by atoms with van der Waals surface area (Å²) < 4.78 is 25.2. The van der Waals surface area contributed by atoms with Crippen LogP contribution in [0.15, 0.2) is 116 Å². The first kappa shape index (κ1) is 45.2. The van der Waals surface area contributed by atoms with Crippen LogP contribution < -0.4 is 35.6 Å². The summed E-state index contributed by atoms with van der Waals surface area (Å²) in [5.74, 6) is -1.89. The molecule has 2 aromatic heterocycles. The molecule has 3 fully saturated rings. The van der Waals surface area contributed by atoms with Gasteiger partial charge in [-0.05, 0) is 123 Å². The third-order valence-corrected chi connectivity index (χ3v) is 12.9. The van der Waals surface area contributed by atoms with Crippen molar-refractivity contribution in [1.82, 2.24) is 30.3 Å². The molecule has 4 N–H and O–H groups in total. The number of hydrogen-bond donors (Lipinski definition) is 4. The number of fused-ring (bicyclic) bond motifs is 2. The Morgan fingerprint density at radius 2 is 1.50 bits per heavy atom. The topological polar surface area (TPSA) is 217 Å². The number of piperazine rings is 1. The summed E-state index contributed by atoms with van der Waals surface area (Å²) in [6.07, 6.45) is 3.19. The van der Waals surface area contributed by atoms with Crippen molar-refractivity contribution < 1.29 is 42.6 Å². The van der Waals surface area contributed by atoms with Crippen molar-refractivity contribution in [2.75, 3.05) is 54.1 Å². The Bertz CT molecular complexity index is 3120. The highest BCUT2D eigenvalue weighted by atomic mass is 19.1. The van der Waals surface area contributed by atoms with Crippen molar-refractivity contribution in [2.45, 2.75) is 38.3 Å². The van der Waals surface area contributed by atoms with Crippen LogP contribution in [0, 0.1) is 11.2 Å². The Kier molecular flexibility index (Phi) is 11.9. The van der Waals surface area contributed by atoms with Gasteiger partial charge >= 0.3 is 0 Å². The Morgan fingerprint density at radius 3 is 2.16 bits per heavy atom. The van der Waals surface area contributed by atoms with Gasteiger partial charge in [0.05, 0.1) is 35.1 Å². The van der Waals surface area contributed by atoms with Gasteiger partial charge < -0.3 is 35.6 Å². The van der Waals surface area contributed by atoms with E-state index >= 15 is 0 Å². The molecule has 3 aliphatic heterocycles. The maximum atomic E-state index is 13.5. The van der Waals surface area contributed by atoms with E-state index in [-0.39, 0.29) is 5.69 Å². The van der Waals surface area contributed by atoms with Gasteiger partial charge in [0.25, 0.3) is 17.7 Å². The number of hydrogen-bond acceptors (Lipinski definition) is 13. The number of aromatic nitrogens is 3. The molecule has 6 amide bonds. The Labute approximate surface area is 399 Å². The van der Waals surface area contributed by atoms with Crippen LogP contribution in [0.5, 0.6) is 17.2 Å². The Balaban J connectivity index is 0.724. The van der Waals surface area contributed by atoms with Crippen LogP contribution in [0.1, 0.15) is 62.6 Å². The van der Waals surface area contributed by atoms with Crippen molar-refractivity contribution in [3.63, 3.8) is 0 Å². The number of halogens is 1. The first-order valence-corrected chi connectivity index (χ1v) is 22.6. The van der Waals surface area contributed by atoms with Crippen LogP contribution in [0.25, 0.3) is 10.9 Å². The number of nitrogens with one attached hydrogen (secondary N) is 4. The molecule has 0 spiro atoms. The average molecular weight is 945 g/mol. The predicted molar refractivity (Wildman–Crippen MR) is 255 cm³/mol. The number of allylic oxidation sites excluding steroid dienone is 1. The molecule has 19 heteroatoms. The molecule has 0 radical (unpaired) electrons. The molecule has 1 aliphatic carbocycles. The number of ether oxygens (including phenoxy) is 2. The minimum Gasteiger partial charge on any atom is -0.495 e. The first-order chi connectivity index (χ1) is 33.8. The van der Waals surface area contributed by atoms with Crippen LogP contribution in [0.2, 0.25) is 0 Å². The van der Waals surface area contributed by atoms with E-state index in [9.17, 15) is 33.2 Å². The van der Waals surface area contributed by atoms with Crippen molar-refractivity contribution >= 4 is 69.1 Å². The van der Waals surface area contributed by atoms with E-state index in [0.717, 1.165) is 10.6 Å². The van der Waals surface area contributed by atoms with Gasteiger partial charge in [-0.3, -0.25) is 43.6 Å². The number of amides is 6. The summed E-state index contributed by atoms with van der Waals surface area (Å²) in [6.45, 7) is 6.97. The number of imide groups is 1. The summed E-state index contributed by atoms with van der Waals surface area (Å²) in [4.78, 5) is 88.8. The SMILES string of the molecule is C=C1CCC(N2C(=O)c3ccc(N4CCN(Cc5ccc(C(=O)Nc6cc7nccc(Oc8ccc(NC(=O)C9(C(=O)Nc%10ccc(F)cc%10)CC9)cc8)c7cc6OC)nn5)CC4)cc3C2=O)C(=O)N1. The van der Waals surface area contributed by atoms with E-state index < -0.39 is 52.7 Å². The summed E-state index contributed by atoms with van der Waals surface area (Å²) >= 11 is 0. The second kappa shape index (κ2) is 18.5. The Hall–Kier alpha value is -8.58. The fourth-order valence-corrected chi connectivity index (χ4v) is 8.83. The summed E-state index contributed by atoms with van der Waals surface area (Å²) in [5.41, 5.74) is 3.27. The van der Waals surface area contributed by atoms with Gasteiger partial charge in [-0.25, -0.2) is 4.39 Å². The number of piperidine rings is 1. The van der Waals surface area contributed by atoms with Crippen molar-refractivity contribution in [3.05, 3.63) is 144 Å². The van der Waals surface area contributed by atoms with Gasteiger partial charge in [0, 0.05) is 67.1 Å². The molecule has 2 saturated heterocycles. The number of nitrogens with zero attached hydrogens (tertiary/aromatic N) is 6. The zero-order valence-corrected chi connectivity index (χ0v) is 37.8. The van der Waals surface area contributed by atoms with Crippen LogP contribution in [-0.2, 0) is 20.9 Å². The highest BCUT2D eigenvalue weighted by Gasteiger charge is 2.56. The van der Waals surface area contributed by atoms with Crippen molar-refractivity contribution in [1.29, 1.82) is 0 Å². The molecular weight excluding hydrogens is 900 g/mol. The monoisotopic (exact) mass is 944 g/mol. The molecule has 1 saturated carbocycles. The van der Waals surface area contributed by atoms with Gasteiger partial charge in [-0.1, -0.05) is 6.58 Å². The lowest BCUT2D eigenvalue weighted by Crippen LogP contribution is -2.51. The molecule has 354 valence electrons. The normalized spacial score (nSPS) is 17.4. The van der Waals surface area contributed by atoms with E-state index in [0.29, 0.717) is 126 Å². The molecular formula is C51H45FN10O8. The zero-order chi connectivity index (χ0) is 48.7. The second-order valence-electron chi connectivity index (χ2n) is 17.5. The van der Waals surface area contributed by atoms with Crippen molar-refractivity contribution in [2.24, 2.45) is 5.41 Å². The number of carbonyl (C=O) groups excluding carboxylic acids is 6. The lowest BCUT2D eigenvalue weighted by Gasteiger charge is -2.36. The van der Waals surface area contributed by atoms with Crippen molar-refractivity contribution in [3.8, 4) is 17.2 Å². The van der Waals surface area contributed by atoms with Crippen LogP contribution in [-0.4, -0.2) is 99.8 Å². The minimum absolute atomic E-state index is 0.0961. The summed E-state index contributed by atoms with van der Waals surface area (Å²) in [7, 11) is 1.48. The van der Waals surface area contributed by atoms with Crippen LogP contribution in [0.4, 0.5) is 27.1 Å². The minimum atomic E-state index is -1.21. The lowest BCUT2D eigenvalue weighted by molar-refractivity contribution is -0.131. The molecule has 70 heavy (non-hydrogen) atoms. The maximum Gasteiger partial charge on any atom is 0.276 e. The largest absolute Gasteiger partial charge is 0.495 e. The van der Waals surface area contributed by atoms with Crippen LogP contribution in [0.3, 0.4) is 0 Å². The van der Waals surface area contributed by atoms with E-state index in [1.807, 2.05) is 6.07 Å². The molecule has 10 rings (SSSR count). The number of methoxy groups -OCH3 is 1. The number of rotatable bonds is 13. The average Bonchev–Trinajstić information content (AvgIpc) is 4.15. The van der Waals surface area contributed by atoms with Gasteiger partial charge in [0.15, 0.2) is 5.69 Å². The summed E-state index contributed by atoms with van der Waals surface area (Å²) in [6, 6.07) is 24.8. The van der Waals surface area contributed by atoms with E-state index in [1.54, 1.807) is 72.9 Å². The Morgan fingerprint density at radius 1 is 0.800 bits per heavy atom. The molecule has 0 bridgehead atoms. The second-order valence-corrected chi connectivity index (χ2v) is 17.5. The van der Waals surface area contributed by atoms with E-state index in [4.69, 9.17) is 9.47 Å². The molecule has 18 nitrogen and oxygen atoms in total. The number of benzene rings is 4. The number of anilines is 4. The number of carbonyl (C=O) groups is 6. The standard InChI is InChI=1S/C51H45FN10O8/c1-29-3-16-42(46(64)54-29)62-47(65)36-14-11-34(25-37(36)48(62)66)61-23-21-60(22-24-61)28-33-10-15-39(59-58-33)45(63)57-41-27-40-38(26-44(41)69-2)43(17-20-53-40)70-35-12-8-32(9-13-35)56-50(68)51(18-19-51)49(67)55-31-6-4-30(52)5-7-31/h4-15,17,20,25-27,42H,1,3,16,18-19,21-24,28H2,2H3,(H,54,64)(H,55,67)(H,56,68)(H,57,63). The highest BCUT2D eigenvalue weighted by Crippen LogP contribution is 2.48. The third-order valence-electron chi connectivity index (χ3n) is 12.9. The zero-order valence-electron chi connectivity index (χ0n) is 37.8. The number of pyridine rings is 1. The first-order valence-electron chi connectivity index (χ1n) is 22.6. The molecule has 5 heterocycles.